The number of halogens is 3. The maximum atomic E-state index is 13.2. The van der Waals surface area contributed by atoms with Crippen LogP contribution in [0.15, 0.2) is 23.1 Å². The standard InChI is InChI=1S/C10H13F3N2O3S/c11-7-2-1-3-8(10(7)14)19(17,18)15(4-5-16)6-9(12)13/h1-3,9,16H,4-6,14H2. The molecule has 0 atom stereocenters. The zero-order valence-electron chi connectivity index (χ0n) is 9.76. The maximum absolute atomic E-state index is 13.2. The number of benzene rings is 1. The predicted octanol–water partition coefficient (Wildman–Crippen LogP) is 0.656. The van der Waals surface area contributed by atoms with Gasteiger partial charge in [0.05, 0.1) is 18.8 Å². The molecule has 0 aliphatic carbocycles. The number of nitrogens with zero attached hydrogens (tertiary/aromatic N) is 1. The van der Waals surface area contributed by atoms with E-state index < -0.39 is 52.5 Å². The number of nitrogens with two attached hydrogens (primary N) is 1. The van der Waals surface area contributed by atoms with Crippen LogP contribution in [0.5, 0.6) is 0 Å². The molecule has 0 heterocycles. The first-order valence-corrected chi connectivity index (χ1v) is 6.68. The summed E-state index contributed by atoms with van der Waals surface area (Å²) in [7, 11) is -4.38. The fraction of sp³-hybridized carbons (Fsp3) is 0.400. The third kappa shape index (κ3) is 3.58. The third-order valence-electron chi connectivity index (χ3n) is 2.32. The largest absolute Gasteiger partial charge is 0.395 e. The lowest BCUT2D eigenvalue weighted by molar-refractivity contribution is 0.113. The van der Waals surface area contributed by atoms with E-state index in [1.807, 2.05) is 0 Å². The average molecular weight is 298 g/mol. The molecule has 1 rings (SSSR count). The van der Waals surface area contributed by atoms with Crippen LogP contribution in [-0.2, 0) is 10.0 Å². The van der Waals surface area contributed by atoms with Crippen molar-refractivity contribution in [1.82, 2.24) is 4.31 Å². The van der Waals surface area contributed by atoms with E-state index in [2.05, 4.69) is 0 Å². The lowest BCUT2D eigenvalue weighted by Gasteiger charge is -2.21. The van der Waals surface area contributed by atoms with Gasteiger partial charge in [-0.1, -0.05) is 6.07 Å². The topological polar surface area (TPSA) is 83.6 Å². The summed E-state index contributed by atoms with van der Waals surface area (Å²) in [5, 5.41) is 8.73. The van der Waals surface area contributed by atoms with Crippen LogP contribution in [0.4, 0.5) is 18.9 Å². The van der Waals surface area contributed by atoms with E-state index in [1.54, 1.807) is 0 Å². The number of sulfonamides is 1. The molecule has 0 unspecified atom stereocenters. The van der Waals surface area contributed by atoms with Gasteiger partial charge >= 0.3 is 0 Å². The number of aliphatic hydroxyl groups excluding tert-OH is 1. The monoisotopic (exact) mass is 298 g/mol. The maximum Gasteiger partial charge on any atom is 0.252 e. The summed E-state index contributed by atoms with van der Waals surface area (Å²) in [4.78, 5) is -0.596. The second-order valence-corrected chi connectivity index (χ2v) is 5.54. The summed E-state index contributed by atoms with van der Waals surface area (Å²) in [6.45, 7) is -2.26. The molecule has 0 aliphatic rings. The van der Waals surface area contributed by atoms with Gasteiger partial charge in [-0.25, -0.2) is 21.6 Å². The molecular formula is C10H13F3N2O3S. The van der Waals surface area contributed by atoms with E-state index in [-0.39, 0.29) is 0 Å². The fourth-order valence-corrected chi connectivity index (χ4v) is 2.99. The summed E-state index contributed by atoms with van der Waals surface area (Å²) in [5.74, 6) is -0.956. The smallest absolute Gasteiger partial charge is 0.252 e. The molecule has 0 bridgehead atoms. The van der Waals surface area contributed by atoms with Crippen molar-refractivity contribution in [3.8, 4) is 0 Å². The van der Waals surface area contributed by atoms with E-state index in [1.165, 1.54) is 0 Å². The van der Waals surface area contributed by atoms with Crippen LogP contribution in [0.25, 0.3) is 0 Å². The Kier molecular flexibility index (Phi) is 5.15. The van der Waals surface area contributed by atoms with E-state index in [0.717, 1.165) is 18.2 Å². The van der Waals surface area contributed by atoms with Crippen molar-refractivity contribution in [2.75, 3.05) is 25.4 Å². The highest BCUT2D eigenvalue weighted by Crippen LogP contribution is 2.24. The Morgan fingerprint density at radius 1 is 1.37 bits per heavy atom. The number of para-hydroxylation sites is 1. The quantitative estimate of drug-likeness (QED) is 0.756. The van der Waals surface area contributed by atoms with Gasteiger partial charge in [-0.2, -0.15) is 4.31 Å². The number of alkyl halides is 2. The molecular weight excluding hydrogens is 285 g/mol. The third-order valence-corrected chi connectivity index (χ3v) is 4.25. The molecule has 108 valence electrons. The van der Waals surface area contributed by atoms with Crippen molar-refractivity contribution < 1.29 is 26.7 Å². The first kappa shape index (κ1) is 15.7. The van der Waals surface area contributed by atoms with E-state index in [9.17, 15) is 21.6 Å². The molecule has 1 aromatic rings. The number of aliphatic hydroxyl groups is 1. The van der Waals surface area contributed by atoms with Crippen molar-refractivity contribution in [2.24, 2.45) is 0 Å². The number of hydrogen-bond donors (Lipinski definition) is 2. The normalized spacial score (nSPS) is 12.3. The van der Waals surface area contributed by atoms with E-state index in [0.29, 0.717) is 4.31 Å². The van der Waals surface area contributed by atoms with Gasteiger partial charge in [0, 0.05) is 6.54 Å². The number of nitrogen functional groups attached to an aromatic ring is 1. The molecule has 0 saturated heterocycles. The van der Waals surface area contributed by atoms with Crippen molar-refractivity contribution in [2.45, 2.75) is 11.3 Å². The molecule has 3 N–H and O–H groups in total. The van der Waals surface area contributed by atoms with Gasteiger partial charge in [0.25, 0.3) is 6.43 Å². The van der Waals surface area contributed by atoms with Gasteiger partial charge in [-0.3, -0.25) is 0 Å². The van der Waals surface area contributed by atoms with Gasteiger partial charge in [0.1, 0.15) is 10.7 Å². The van der Waals surface area contributed by atoms with Gasteiger partial charge < -0.3 is 10.8 Å². The van der Waals surface area contributed by atoms with Crippen LogP contribution in [0.1, 0.15) is 0 Å². The Balaban J connectivity index is 3.22. The molecule has 0 aliphatic heterocycles. The molecule has 0 saturated carbocycles. The molecule has 9 heteroatoms. The van der Waals surface area contributed by atoms with E-state index in [4.69, 9.17) is 10.8 Å². The number of rotatable bonds is 6. The van der Waals surface area contributed by atoms with Crippen LogP contribution in [0.2, 0.25) is 0 Å². The van der Waals surface area contributed by atoms with Crippen molar-refractivity contribution in [3.63, 3.8) is 0 Å². The van der Waals surface area contributed by atoms with Gasteiger partial charge in [0.15, 0.2) is 0 Å². The Labute approximate surface area is 108 Å². The second kappa shape index (κ2) is 6.22. The van der Waals surface area contributed by atoms with Gasteiger partial charge in [-0.05, 0) is 12.1 Å². The van der Waals surface area contributed by atoms with Crippen LogP contribution >= 0.6 is 0 Å². The summed E-state index contributed by atoms with van der Waals surface area (Å²) in [5.41, 5.74) is 4.66. The highest BCUT2D eigenvalue weighted by atomic mass is 32.2. The minimum Gasteiger partial charge on any atom is -0.395 e. The average Bonchev–Trinajstić information content (AvgIpc) is 2.31. The fourth-order valence-electron chi connectivity index (χ4n) is 1.46. The van der Waals surface area contributed by atoms with Crippen molar-refractivity contribution in [1.29, 1.82) is 0 Å². The zero-order valence-corrected chi connectivity index (χ0v) is 10.6. The predicted molar refractivity (Wildman–Crippen MR) is 62.7 cm³/mol. The molecule has 19 heavy (non-hydrogen) atoms. The molecule has 0 amide bonds. The molecule has 0 fully saturated rings. The van der Waals surface area contributed by atoms with Gasteiger partial charge in [0.2, 0.25) is 10.0 Å². The summed E-state index contributed by atoms with van der Waals surface area (Å²) in [6.07, 6.45) is -2.92. The Morgan fingerprint density at radius 2 is 2.00 bits per heavy atom. The Bertz CT molecular complexity index is 537. The minimum absolute atomic E-state index is 0.364. The lowest BCUT2D eigenvalue weighted by atomic mass is 10.3. The second-order valence-electron chi connectivity index (χ2n) is 3.63. The lowest BCUT2D eigenvalue weighted by Crippen LogP contribution is -2.37. The Morgan fingerprint density at radius 3 is 2.53 bits per heavy atom. The highest BCUT2D eigenvalue weighted by Gasteiger charge is 2.29. The van der Waals surface area contributed by atoms with Crippen molar-refractivity contribution in [3.05, 3.63) is 24.0 Å². The summed E-state index contributed by atoms with van der Waals surface area (Å²) < 4.78 is 62.4. The van der Waals surface area contributed by atoms with Gasteiger partial charge in [-0.15, -0.1) is 0 Å². The number of anilines is 1. The SMILES string of the molecule is Nc1c(F)cccc1S(=O)(=O)N(CCO)CC(F)F. The van der Waals surface area contributed by atoms with Crippen LogP contribution < -0.4 is 5.73 Å². The van der Waals surface area contributed by atoms with Crippen molar-refractivity contribution >= 4 is 15.7 Å². The van der Waals surface area contributed by atoms with E-state index >= 15 is 0 Å². The molecule has 0 spiro atoms. The summed E-state index contributed by atoms with van der Waals surface area (Å²) >= 11 is 0. The summed E-state index contributed by atoms with van der Waals surface area (Å²) in [6, 6.07) is 3.08. The molecule has 0 aromatic heterocycles. The van der Waals surface area contributed by atoms with Crippen LogP contribution in [0, 0.1) is 5.82 Å². The zero-order chi connectivity index (χ0) is 14.6. The Hall–Kier alpha value is -1.32. The number of hydrogen-bond acceptors (Lipinski definition) is 4. The first-order valence-electron chi connectivity index (χ1n) is 5.24. The molecule has 0 radical (unpaired) electrons. The minimum atomic E-state index is -4.38. The highest BCUT2D eigenvalue weighted by molar-refractivity contribution is 7.89. The molecule has 1 aromatic carbocycles. The molecule has 5 nitrogen and oxygen atoms in total. The first-order chi connectivity index (χ1) is 8.80. The van der Waals surface area contributed by atoms with Crippen LogP contribution in [0.3, 0.4) is 0 Å². The van der Waals surface area contributed by atoms with Crippen LogP contribution in [-0.4, -0.2) is 44.0 Å².